The molecule has 1 aromatic carbocycles. The number of halogens is 2. The summed E-state index contributed by atoms with van der Waals surface area (Å²) >= 11 is 7.91. The SMILES string of the molecule is COc1cc(F)cc([C@@H](C#CO)NC(=O)[C@@H](C)N2CCc3sc(-c4nc(NC5CCOCC5)ncc4Cl)cc3C2=O)c1. The van der Waals surface area contributed by atoms with Crippen LogP contribution in [0.4, 0.5) is 10.3 Å². The minimum absolute atomic E-state index is 0.206. The fourth-order valence-electron chi connectivity index (χ4n) is 4.93. The van der Waals surface area contributed by atoms with Gasteiger partial charge in [0.15, 0.2) is 0 Å². The van der Waals surface area contributed by atoms with Gasteiger partial charge in [0.1, 0.15) is 35.5 Å². The molecule has 1 saturated heterocycles. The van der Waals surface area contributed by atoms with Crippen LogP contribution in [0, 0.1) is 17.8 Å². The van der Waals surface area contributed by atoms with Crippen molar-refractivity contribution in [3.05, 3.63) is 57.3 Å². The van der Waals surface area contributed by atoms with E-state index in [-0.39, 0.29) is 23.3 Å². The molecule has 5 rings (SSSR count). The van der Waals surface area contributed by atoms with E-state index in [0.29, 0.717) is 48.4 Å². The van der Waals surface area contributed by atoms with Crippen molar-refractivity contribution in [1.29, 1.82) is 0 Å². The minimum Gasteiger partial charge on any atom is -0.497 e. The van der Waals surface area contributed by atoms with Gasteiger partial charge in [-0.15, -0.1) is 11.3 Å². The zero-order chi connectivity index (χ0) is 29.8. The van der Waals surface area contributed by atoms with Crippen molar-refractivity contribution in [1.82, 2.24) is 20.2 Å². The van der Waals surface area contributed by atoms with Crippen LogP contribution in [-0.2, 0) is 16.0 Å². The molecule has 220 valence electrons. The molecule has 2 aromatic heterocycles. The van der Waals surface area contributed by atoms with Gasteiger partial charge >= 0.3 is 0 Å². The van der Waals surface area contributed by atoms with Crippen molar-refractivity contribution in [3.63, 3.8) is 0 Å². The van der Waals surface area contributed by atoms with Gasteiger partial charge in [-0.2, -0.15) is 0 Å². The maximum absolute atomic E-state index is 14.1. The number of hydrogen-bond donors (Lipinski definition) is 3. The van der Waals surface area contributed by atoms with E-state index in [1.807, 2.05) is 0 Å². The summed E-state index contributed by atoms with van der Waals surface area (Å²) in [5, 5.41) is 15.6. The van der Waals surface area contributed by atoms with Gasteiger partial charge in [0.2, 0.25) is 11.9 Å². The molecular formula is C29H29ClFN5O5S. The Morgan fingerprint density at radius 1 is 1.31 bits per heavy atom. The smallest absolute Gasteiger partial charge is 0.255 e. The summed E-state index contributed by atoms with van der Waals surface area (Å²) in [4.78, 5) is 38.9. The number of nitrogens with zero attached hydrogens (tertiary/aromatic N) is 3. The van der Waals surface area contributed by atoms with E-state index in [1.165, 1.54) is 41.5 Å². The number of carbonyl (C=O) groups excluding carboxylic acids is 2. The Morgan fingerprint density at radius 2 is 2.10 bits per heavy atom. The van der Waals surface area contributed by atoms with Crippen LogP contribution in [0.5, 0.6) is 5.75 Å². The predicted molar refractivity (Wildman–Crippen MR) is 156 cm³/mol. The van der Waals surface area contributed by atoms with Crippen molar-refractivity contribution in [3.8, 4) is 28.3 Å². The first kappa shape index (κ1) is 29.6. The number of fused-ring (bicyclic) bond motifs is 1. The highest BCUT2D eigenvalue weighted by Gasteiger charge is 2.34. The highest BCUT2D eigenvalue weighted by molar-refractivity contribution is 7.16. The van der Waals surface area contributed by atoms with Gasteiger partial charge in [0, 0.05) is 43.2 Å². The Kier molecular flexibility index (Phi) is 9.11. The first-order valence-corrected chi connectivity index (χ1v) is 14.6. The third-order valence-corrected chi connectivity index (χ3v) is 8.70. The molecule has 1 fully saturated rings. The number of carbonyl (C=O) groups is 2. The number of ether oxygens (including phenoxy) is 2. The van der Waals surface area contributed by atoms with Crippen LogP contribution >= 0.6 is 22.9 Å². The number of hydrogen-bond acceptors (Lipinski definition) is 9. The molecule has 2 aliphatic rings. The normalized spacial score (nSPS) is 16.6. The number of benzene rings is 1. The molecular weight excluding hydrogens is 585 g/mol. The summed E-state index contributed by atoms with van der Waals surface area (Å²) in [5.74, 6) is 1.76. The summed E-state index contributed by atoms with van der Waals surface area (Å²) in [7, 11) is 1.39. The van der Waals surface area contributed by atoms with Gasteiger partial charge in [-0.05, 0) is 49.4 Å². The third-order valence-electron chi connectivity index (χ3n) is 7.22. The Morgan fingerprint density at radius 3 is 2.83 bits per heavy atom. The van der Waals surface area contributed by atoms with E-state index < -0.39 is 23.8 Å². The molecule has 3 aromatic rings. The van der Waals surface area contributed by atoms with Crippen LogP contribution in [0.1, 0.15) is 46.6 Å². The van der Waals surface area contributed by atoms with Gasteiger partial charge in [0.25, 0.3) is 5.91 Å². The fourth-order valence-corrected chi connectivity index (χ4v) is 6.33. The largest absolute Gasteiger partial charge is 0.497 e. The molecule has 0 aliphatic carbocycles. The second kappa shape index (κ2) is 12.9. The van der Waals surface area contributed by atoms with Crippen LogP contribution in [0.25, 0.3) is 10.6 Å². The summed E-state index contributed by atoms with van der Waals surface area (Å²) in [6.07, 6.45) is 5.58. The molecule has 0 radical (unpaired) electrons. The Bertz CT molecular complexity index is 1550. The van der Waals surface area contributed by atoms with Crippen LogP contribution in [-0.4, -0.2) is 70.7 Å². The van der Waals surface area contributed by atoms with E-state index in [0.717, 1.165) is 22.6 Å². The molecule has 2 aliphatic heterocycles. The maximum Gasteiger partial charge on any atom is 0.255 e. The first-order chi connectivity index (χ1) is 20.3. The van der Waals surface area contributed by atoms with Crippen molar-refractivity contribution < 1.29 is 28.6 Å². The average Bonchev–Trinajstić information content (AvgIpc) is 3.43. The average molecular weight is 614 g/mol. The van der Waals surface area contributed by atoms with Gasteiger partial charge in [-0.25, -0.2) is 14.4 Å². The zero-order valence-electron chi connectivity index (χ0n) is 22.9. The Labute approximate surface area is 251 Å². The van der Waals surface area contributed by atoms with Crippen LogP contribution in [0.15, 0.2) is 30.5 Å². The molecule has 42 heavy (non-hydrogen) atoms. The number of anilines is 1. The lowest BCUT2D eigenvalue weighted by molar-refractivity contribution is -0.125. The van der Waals surface area contributed by atoms with Crippen LogP contribution in [0.2, 0.25) is 5.02 Å². The van der Waals surface area contributed by atoms with E-state index in [4.69, 9.17) is 21.1 Å². The number of aliphatic hydroxyl groups is 1. The van der Waals surface area contributed by atoms with Crippen LogP contribution in [0.3, 0.4) is 0 Å². The summed E-state index contributed by atoms with van der Waals surface area (Å²) in [6.45, 7) is 3.29. The standard InChI is InChI=1S/C29H29ClFN5O5S/c1-16(27(38)34-23(4-8-37)17-11-18(31)13-20(12-17)40-2)36-7-3-24-21(28(36)39)14-25(42-24)26-22(30)15-32-29(35-26)33-19-5-9-41-10-6-19/h11-16,19,23,37H,3,5-7,9-10H2,1-2H3,(H,34,38)(H,32,33,35)/t16-,23-/m1/s1. The maximum atomic E-state index is 14.1. The molecule has 3 N–H and O–H groups in total. The predicted octanol–water partition coefficient (Wildman–Crippen LogP) is 4.17. The topological polar surface area (TPSA) is 126 Å². The van der Waals surface area contributed by atoms with E-state index >= 15 is 0 Å². The highest BCUT2D eigenvalue weighted by atomic mass is 35.5. The number of thiophene rings is 1. The number of aliphatic hydroxyl groups excluding tert-OH is 1. The molecule has 10 nitrogen and oxygen atoms in total. The Balaban J connectivity index is 1.32. The second-order valence-corrected chi connectivity index (χ2v) is 11.5. The van der Waals surface area contributed by atoms with Gasteiger partial charge in [-0.1, -0.05) is 11.6 Å². The number of methoxy groups -OCH3 is 1. The Hall–Kier alpha value is -3.92. The zero-order valence-corrected chi connectivity index (χ0v) is 24.5. The molecule has 2 amide bonds. The minimum atomic E-state index is -1.03. The summed E-state index contributed by atoms with van der Waals surface area (Å²) < 4.78 is 24.6. The third kappa shape index (κ3) is 6.43. The van der Waals surface area contributed by atoms with Gasteiger partial charge in [-0.3, -0.25) is 9.59 Å². The van der Waals surface area contributed by atoms with Crippen molar-refractivity contribution in [2.45, 2.75) is 44.3 Å². The van der Waals surface area contributed by atoms with Gasteiger partial charge in [0.05, 0.1) is 28.8 Å². The van der Waals surface area contributed by atoms with Crippen molar-refractivity contribution in [2.75, 3.05) is 32.2 Å². The number of aromatic nitrogens is 2. The molecule has 0 spiro atoms. The summed E-state index contributed by atoms with van der Waals surface area (Å²) in [6, 6.07) is 3.96. The molecule has 2 atom stereocenters. The molecule has 4 heterocycles. The molecule has 0 bridgehead atoms. The van der Waals surface area contributed by atoms with Crippen molar-refractivity contribution >= 4 is 40.7 Å². The van der Waals surface area contributed by atoms with E-state index in [2.05, 4.69) is 26.5 Å². The summed E-state index contributed by atoms with van der Waals surface area (Å²) in [5.41, 5.74) is 1.30. The quantitative estimate of drug-likeness (QED) is 0.323. The fraction of sp³-hybridized carbons (Fsp3) is 0.379. The monoisotopic (exact) mass is 613 g/mol. The molecule has 13 heteroatoms. The molecule has 0 saturated carbocycles. The number of nitrogens with one attached hydrogen (secondary N) is 2. The first-order valence-electron chi connectivity index (χ1n) is 13.4. The van der Waals surface area contributed by atoms with E-state index in [1.54, 1.807) is 25.3 Å². The second-order valence-electron chi connectivity index (χ2n) is 9.92. The number of amides is 2. The lowest BCUT2D eigenvalue weighted by atomic mass is 10.0. The van der Waals surface area contributed by atoms with E-state index in [9.17, 15) is 19.1 Å². The van der Waals surface area contributed by atoms with Crippen LogP contribution < -0.4 is 15.4 Å². The van der Waals surface area contributed by atoms with Gasteiger partial charge < -0.3 is 30.1 Å². The van der Waals surface area contributed by atoms with Crippen molar-refractivity contribution in [2.24, 2.45) is 0 Å². The number of rotatable bonds is 8. The lowest BCUT2D eigenvalue weighted by Gasteiger charge is -2.32. The highest BCUT2D eigenvalue weighted by Crippen LogP contribution is 2.37. The lowest BCUT2D eigenvalue weighted by Crippen LogP contribution is -2.50. The molecule has 0 unspecified atom stereocenters.